The van der Waals surface area contributed by atoms with Crippen LogP contribution in [0.5, 0.6) is 0 Å². The summed E-state index contributed by atoms with van der Waals surface area (Å²) in [5, 5.41) is 0. The molecule has 2 heteroatoms. The van der Waals surface area contributed by atoms with E-state index in [9.17, 15) is 0 Å². The normalized spacial score (nSPS) is 12.4. The number of hydrogen-bond acceptors (Lipinski definition) is 2. The Morgan fingerprint density at radius 1 is 1.00 bits per heavy atom. The molecule has 0 bridgehead atoms. The van der Waals surface area contributed by atoms with Crippen molar-refractivity contribution >= 4 is 11.8 Å². The van der Waals surface area contributed by atoms with Gasteiger partial charge in [0.2, 0.25) is 0 Å². The van der Waals surface area contributed by atoms with Gasteiger partial charge in [-0.3, -0.25) is 0 Å². The molecule has 1 unspecified atom stereocenters. The van der Waals surface area contributed by atoms with Gasteiger partial charge in [0.1, 0.15) is 0 Å². The highest BCUT2D eigenvalue weighted by Gasteiger charge is 2.08. The van der Waals surface area contributed by atoms with Gasteiger partial charge >= 0.3 is 0 Å². The average Bonchev–Trinajstić information content (AvgIpc) is 2.42. The van der Waals surface area contributed by atoms with E-state index in [4.69, 9.17) is 5.73 Å². The van der Waals surface area contributed by atoms with Crippen LogP contribution < -0.4 is 5.73 Å². The van der Waals surface area contributed by atoms with Gasteiger partial charge in [-0.15, -0.1) is 11.8 Å². The minimum absolute atomic E-state index is 0.195. The van der Waals surface area contributed by atoms with Gasteiger partial charge in [0.25, 0.3) is 0 Å². The summed E-state index contributed by atoms with van der Waals surface area (Å²) < 4.78 is 0. The zero-order valence-corrected chi connectivity index (χ0v) is 13.3. The fourth-order valence-corrected chi connectivity index (χ4v) is 3.26. The van der Waals surface area contributed by atoms with Crippen molar-refractivity contribution in [3.05, 3.63) is 64.7 Å². The predicted octanol–water partition coefficient (Wildman–Crippen LogP) is 4.27. The molecular weight excluding hydrogens is 262 g/mol. The fraction of sp³-hybridized carbons (Fsp3) is 0.333. The molecule has 106 valence electrons. The third kappa shape index (κ3) is 4.12. The van der Waals surface area contributed by atoms with Gasteiger partial charge in [0, 0.05) is 16.7 Å². The molecule has 1 nitrogen and oxygen atoms in total. The first-order valence-electron chi connectivity index (χ1n) is 7.06. The first-order valence-corrected chi connectivity index (χ1v) is 8.05. The maximum atomic E-state index is 6.30. The molecule has 2 rings (SSSR count). The number of thioether (sulfide) groups is 1. The zero-order valence-electron chi connectivity index (χ0n) is 12.5. The Hall–Kier alpha value is -1.25. The van der Waals surface area contributed by atoms with Gasteiger partial charge in [-0.1, -0.05) is 42.0 Å². The van der Waals surface area contributed by atoms with Crippen LogP contribution in [0.3, 0.4) is 0 Å². The Labute approximate surface area is 126 Å². The maximum Gasteiger partial charge on any atom is 0.0174 e. The van der Waals surface area contributed by atoms with Crippen LogP contribution in [0.4, 0.5) is 0 Å². The lowest BCUT2D eigenvalue weighted by Gasteiger charge is -2.14. The van der Waals surface area contributed by atoms with E-state index in [2.05, 4.69) is 63.2 Å². The summed E-state index contributed by atoms with van der Waals surface area (Å²) in [5.41, 5.74) is 11.7. The van der Waals surface area contributed by atoms with Gasteiger partial charge in [-0.25, -0.2) is 0 Å². The Bertz CT molecular complexity index is 577. The van der Waals surface area contributed by atoms with E-state index in [0.717, 1.165) is 12.2 Å². The summed E-state index contributed by atoms with van der Waals surface area (Å²) in [4.78, 5) is 1.34. The Morgan fingerprint density at radius 3 is 2.50 bits per heavy atom. The van der Waals surface area contributed by atoms with Crippen LogP contribution >= 0.6 is 11.8 Å². The van der Waals surface area contributed by atoms with Gasteiger partial charge in [0.05, 0.1) is 0 Å². The molecule has 1 atom stereocenters. The molecule has 0 spiro atoms. The lowest BCUT2D eigenvalue weighted by atomic mass is 10.00. The Morgan fingerprint density at radius 2 is 1.75 bits per heavy atom. The first-order chi connectivity index (χ1) is 9.56. The van der Waals surface area contributed by atoms with Gasteiger partial charge in [-0.05, 0) is 49.9 Å². The highest BCUT2D eigenvalue weighted by atomic mass is 32.2. The molecule has 0 saturated heterocycles. The fourth-order valence-electron chi connectivity index (χ4n) is 2.28. The SMILES string of the molecule is Cc1ccc(C)c(CC(N)CSc2ccccc2C)c1. The predicted molar refractivity (Wildman–Crippen MR) is 89.5 cm³/mol. The van der Waals surface area contributed by atoms with Crippen molar-refractivity contribution in [3.63, 3.8) is 0 Å². The summed E-state index contributed by atoms with van der Waals surface area (Å²) in [5.74, 6) is 0.957. The van der Waals surface area contributed by atoms with E-state index in [0.29, 0.717) is 0 Å². The largest absolute Gasteiger partial charge is 0.327 e. The topological polar surface area (TPSA) is 26.0 Å². The second kappa shape index (κ2) is 6.96. The Balaban J connectivity index is 1.94. The minimum Gasteiger partial charge on any atom is -0.327 e. The van der Waals surface area contributed by atoms with Crippen LogP contribution in [0, 0.1) is 20.8 Å². The van der Waals surface area contributed by atoms with Crippen LogP contribution in [0.25, 0.3) is 0 Å². The quantitative estimate of drug-likeness (QED) is 0.830. The van der Waals surface area contributed by atoms with Crippen molar-refractivity contribution in [2.45, 2.75) is 38.1 Å². The molecule has 0 fully saturated rings. The third-order valence-corrected chi connectivity index (χ3v) is 4.90. The van der Waals surface area contributed by atoms with E-state index >= 15 is 0 Å². The molecule has 2 aromatic carbocycles. The molecule has 0 saturated carbocycles. The number of benzene rings is 2. The average molecular weight is 285 g/mol. The minimum atomic E-state index is 0.195. The summed E-state index contributed by atoms with van der Waals surface area (Å²) in [6.45, 7) is 6.45. The molecular formula is C18H23NS. The molecule has 0 aliphatic heterocycles. The monoisotopic (exact) mass is 285 g/mol. The molecule has 2 aromatic rings. The second-order valence-electron chi connectivity index (χ2n) is 5.47. The van der Waals surface area contributed by atoms with Crippen molar-refractivity contribution in [2.75, 3.05) is 5.75 Å². The maximum absolute atomic E-state index is 6.30. The standard InChI is InChI=1S/C18H23NS/c1-13-8-9-14(2)16(10-13)11-17(19)12-20-18-7-5-4-6-15(18)3/h4-10,17H,11-12,19H2,1-3H3. The van der Waals surface area contributed by atoms with Crippen molar-refractivity contribution in [1.82, 2.24) is 0 Å². The van der Waals surface area contributed by atoms with Gasteiger partial charge in [-0.2, -0.15) is 0 Å². The van der Waals surface area contributed by atoms with Crippen LogP contribution in [0.1, 0.15) is 22.3 Å². The van der Waals surface area contributed by atoms with Crippen LogP contribution in [0.2, 0.25) is 0 Å². The van der Waals surface area contributed by atoms with Crippen molar-refractivity contribution in [3.8, 4) is 0 Å². The van der Waals surface area contributed by atoms with E-state index in [-0.39, 0.29) is 6.04 Å². The smallest absolute Gasteiger partial charge is 0.0174 e. The van der Waals surface area contributed by atoms with Gasteiger partial charge in [0.15, 0.2) is 0 Å². The van der Waals surface area contributed by atoms with E-state index in [1.54, 1.807) is 0 Å². The summed E-state index contributed by atoms with van der Waals surface area (Å²) >= 11 is 1.86. The van der Waals surface area contributed by atoms with Crippen LogP contribution in [-0.4, -0.2) is 11.8 Å². The number of rotatable bonds is 5. The molecule has 2 N–H and O–H groups in total. The lowest BCUT2D eigenvalue weighted by molar-refractivity contribution is 0.744. The molecule has 0 aliphatic rings. The zero-order chi connectivity index (χ0) is 14.5. The molecule has 20 heavy (non-hydrogen) atoms. The second-order valence-corrected chi connectivity index (χ2v) is 6.53. The highest BCUT2D eigenvalue weighted by molar-refractivity contribution is 7.99. The van der Waals surface area contributed by atoms with E-state index in [1.165, 1.54) is 27.1 Å². The summed E-state index contributed by atoms with van der Waals surface area (Å²) in [7, 11) is 0. The van der Waals surface area contributed by atoms with Crippen molar-refractivity contribution in [1.29, 1.82) is 0 Å². The van der Waals surface area contributed by atoms with Crippen molar-refractivity contribution in [2.24, 2.45) is 5.73 Å². The third-order valence-electron chi connectivity index (χ3n) is 3.53. The summed E-state index contributed by atoms with van der Waals surface area (Å²) in [6.07, 6.45) is 0.951. The first kappa shape index (κ1) is 15.1. The van der Waals surface area contributed by atoms with Crippen molar-refractivity contribution < 1.29 is 0 Å². The van der Waals surface area contributed by atoms with Crippen LogP contribution in [-0.2, 0) is 6.42 Å². The molecule has 0 amide bonds. The Kier molecular flexibility index (Phi) is 5.27. The van der Waals surface area contributed by atoms with Gasteiger partial charge < -0.3 is 5.73 Å². The highest BCUT2D eigenvalue weighted by Crippen LogP contribution is 2.23. The lowest BCUT2D eigenvalue weighted by Crippen LogP contribution is -2.26. The summed E-state index contributed by atoms with van der Waals surface area (Å²) in [6, 6.07) is 15.3. The molecule has 0 heterocycles. The number of aryl methyl sites for hydroxylation is 3. The number of hydrogen-bond donors (Lipinski definition) is 1. The van der Waals surface area contributed by atoms with Crippen LogP contribution in [0.15, 0.2) is 47.4 Å². The van der Waals surface area contributed by atoms with E-state index in [1.807, 2.05) is 11.8 Å². The molecule has 0 aromatic heterocycles. The number of nitrogens with two attached hydrogens (primary N) is 1. The molecule has 0 aliphatic carbocycles. The van der Waals surface area contributed by atoms with E-state index < -0.39 is 0 Å². The molecule has 0 radical (unpaired) electrons.